The minimum atomic E-state index is -0.623. The van der Waals surface area contributed by atoms with E-state index in [2.05, 4.69) is 15.5 Å². The van der Waals surface area contributed by atoms with Gasteiger partial charge < -0.3 is 14.8 Å². The largest absolute Gasteiger partial charge is 0.382 e. The second-order valence-corrected chi connectivity index (χ2v) is 9.96. The van der Waals surface area contributed by atoms with Crippen molar-refractivity contribution in [2.24, 2.45) is 7.05 Å². The highest BCUT2D eigenvalue weighted by molar-refractivity contribution is 5.86. The Labute approximate surface area is 218 Å². The highest BCUT2D eigenvalue weighted by Crippen LogP contribution is 2.35. The Morgan fingerprint density at radius 1 is 0.921 bits per heavy atom. The van der Waals surface area contributed by atoms with Crippen molar-refractivity contribution in [3.63, 3.8) is 0 Å². The van der Waals surface area contributed by atoms with Crippen LogP contribution in [0.4, 0.5) is 14.5 Å². The van der Waals surface area contributed by atoms with Crippen LogP contribution in [-0.2, 0) is 16.5 Å². The van der Waals surface area contributed by atoms with E-state index < -0.39 is 17.4 Å². The number of fused-ring (bicyclic) bond motifs is 1. The Hall–Kier alpha value is -4.08. The maximum absolute atomic E-state index is 14.8. The van der Waals surface area contributed by atoms with Crippen LogP contribution >= 0.6 is 0 Å². The Bertz CT molecular complexity index is 1640. The molecule has 1 aliphatic rings. The van der Waals surface area contributed by atoms with Gasteiger partial charge >= 0.3 is 0 Å². The summed E-state index contributed by atoms with van der Waals surface area (Å²) in [5, 5.41) is 12.2. The molecule has 1 fully saturated rings. The fraction of sp³-hybridized carbons (Fsp3) is 0.241. The van der Waals surface area contributed by atoms with E-state index in [-0.39, 0.29) is 6.10 Å². The maximum Gasteiger partial charge on any atom is 0.163 e. The third kappa shape index (κ3) is 4.78. The van der Waals surface area contributed by atoms with Gasteiger partial charge in [-0.05, 0) is 61.4 Å². The zero-order valence-electron chi connectivity index (χ0n) is 21.3. The number of anilines is 1. The summed E-state index contributed by atoms with van der Waals surface area (Å²) in [5.74, 6) is -1.86. The molecule has 38 heavy (non-hydrogen) atoms. The molecule has 1 aliphatic heterocycles. The van der Waals surface area contributed by atoms with Crippen LogP contribution in [0.15, 0.2) is 73.3 Å². The van der Waals surface area contributed by atoms with Gasteiger partial charge in [-0.25, -0.2) is 13.3 Å². The predicted molar refractivity (Wildman–Crippen MR) is 142 cm³/mol. The van der Waals surface area contributed by atoms with Crippen LogP contribution in [0.3, 0.4) is 0 Å². The highest BCUT2D eigenvalue weighted by atomic mass is 19.1. The van der Waals surface area contributed by atoms with Gasteiger partial charge in [0.1, 0.15) is 17.7 Å². The molecule has 1 N–H and O–H groups in total. The molecule has 0 amide bonds. The number of hydrogen-bond acceptors (Lipinski definition) is 5. The summed E-state index contributed by atoms with van der Waals surface area (Å²) in [6.07, 6.45) is 7.39. The molecule has 5 aromatic rings. The number of aromatic nitrogens is 4. The van der Waals surface area contributed by atoms with Crippen LogP contribution in [0.2, 0.25) is 0 Å². The molecule has 2 aromatic carbocycles. The van der Waals surface area contributed by atoms with Crippen LogP contribution in [0.1, 0.15) is 13.8 Å². The average Bonchev–Trinajstić information content (AvgIpc) is 3.60. The van der Waals surface area contributed by atoms with Crippen molar-refractivity contribution in [2.75, 3.05) is 18.5 Å². The summed E-state index contributed by atoms with van der Waals surface area (Å²) in [6, 6.07) is 13.4. The van der Waals surface area contributed by atoms with E-state index >= 15 is 0 Å². The molecule has 0 radical (unpaired) electrons. The molecule has 0 bridgehead atoms. The number of hydrogen-bond donors (Lipinski definition) is 1. The van der Waals surface area contributed by atoms with Gasteiger partial charge in [-0.15, -0.1) is 0 Å². The summed E-state index contributed by atoms with van der Waals surface area (Å²) in [5.41, 5.74) is 6.33. The molecule has 9 heteroatoms. The van der Waals surface area contributed by atoms with Crippen molar-refractivity contribution in [1.29, 1.82) is 0 Å². The lowest BCUT2D eigenvalue weighted by molar-refractivity contribution is -0.136. The number of benzene rings is 2. The first-order valence-corrected chi connectivity index (χ1v) is 12.4. The quantitative estimate of drug-likeness (QED) is 0.305. The van der Waals surface area contributed by atoms with Crippen LogP contribution < -0.4 is 5.32 Å². The second kappa shape index (κ2) is 9.34. The molecule has 7 nitrogen and oxygen atoms in total. The van der Waals surface area contributed by atoms with Crippen molar-refractivity contribution in [3.8, 4) is 33.4 Å². The van der Waals surface area contributed by atoms with Crippen LogP contribution in [-0.4, -0.2) is 44.4 Å². The highest BCUT2D eigenvalue weighted by Gasteiger charge is 2.32. The normalized spacial score (nSPS) is 16.8. The smallest absolute Gasteiger partial charge is 0.163 e. The van der Waals surface area contributed by atoms with Crippen LogP contribution in [0, 0.1) is 11.6 Å². The summed E-state index contributed by atoms with van der Waals surface area (Å²) < 4.78 is 43.6. The van der Waals surface area contributed by atoms with Crippen molar-refractivity contribution >= 4 is 11.2 Å². The molecule has 4 heterocycles. The molecule has 1 unspecified atom stereocenters. The first-order chi connectivity index (χ1) is 18.2. The van der Waals surface area contributed by atoms with Gasteiger partial charge in [-0.1, -0.05) is 6.07 Å². The lowest BCUT2D eigenvalue weighted by Gasteiger charge is -2.18. The Morgan fingerprint density at radius 2 is 1.74 bits per heavy atom. The van der Waals surface area contributed by atoms with E-state index in [1.54, 1.807) is 10.9 Å². The number of halogens is 2. The van der Waals surface area contributed by atoms with Crippen molar-refractivity contribution in [1.82, 2.24) is 19.4 Å². The Balaban J connectivity index is 1.39. The summed E-state index contributed by atoms with van der Waals surface area (Å²) >= 11 is 0. The molecule has 3 aromatic heterocycles. The van der Waals surface area contributed by atoms with Crippen molar-refractivity contribution in [3.05, 3.63) is 85.0 Å². The van der Waals surface area contributed by atoms with Crippen molar-refractivity contribution in [2.45, 2.75) is 25.7 Å². The van der Waals surface area contributed by atoms with Gasteiger partial charge in [0.25, 0.3) is 0 Å². The zero-order chi connectivity index (χ0) is 26.4. The molecular formula is C29H27F2N5O2. The monoisotopic (exact) mass is 515 g/mol. The van der Waals surface area contributed by atoms with E-state index in [1.807, 2.05) is 74.3 Å². The SMILES string of the molecule is Cn1cc(-c2ccc3c(-c4cc(NCC5COC(C)(C)O5)cc(-c5ccc(F)cc5F)c4)cnn3c2)cn1. The molecule has 6 rings (SSSR count). The number of ether oxygens (including phenoxy) is 2. The third-order valence-corrected chi connectivity index (χ3v) is 6.64. The maximum atomic E-state index is 14.8. The topological polar surface area (TPSA) is 65.6 Å². The standard InChI is InChI=1S/C29H27F2N5O2/c1-29(2)37-17-24(38-29)13-32-23-9-19(25-6-5-22(30)11-27(25)31)8-20(10-23)26-14-34-36-16-18(4-7-28(26)36)21-12-33-35(3)15-21/h4-12,14-16,24,32H,13,17H2,1-3H3. The number of pyridine rings is 1. The van der Waals surface area contributed by atoms with E-state index in [1.165, 1.54) is 12.1 Å². The lowest BCUT2D eigenvalue weighted by Crippen LogP contribution is -2.26. The van der Waals surface area contributed by atoms with E-state index in [0.29, 0.717) is 24.3 Å². The van der Waals surface area contributed by atoms with Gasteiger partial charge in [0.2, 0.25) is 0 Å². The first-order valence-electron chi connectivity index (χ1n) is 12.4. The van der Waals surface area contributed by atoms with Crippen molar-refractivity contribution < 1.29 is 18.3 Å². The second-order valence-electron chi connectivity index (χ2n) is 9.96. The molecule has 0 saturated carbocycles. The van der Waals surface area contributed by atoms with Gasteiger partial charge in [0.15, 0.2) is 5.79 Å². The van der Waals surface area contributed by atoms with E-state index in [0.717, 1.165) is 39.5 Å². The van der Waals surface area contributed by atoms with E-state index in [9.17, 15) is 8.78 Å². The van der Waals surface area contributed by atoms with Crippen LogP contribution in [0.5, 0.6) is 0 Å². The fourth-order valence-electron chi connectivity index (χ4n) is 4.81. The lowest BCUT2D eigenvalue weighted by atomic mass is 9.98. The van der Waals surface area contributed by atoms with Gasteiger partial charge in [0, 0.05) is 60.0 Å². The van der Waals surface area contributed by atoms with Gasteiger partial charge in [-0.2, -0.15) is 10.2 Å². The first kappa shape index (κ1) is 24.3. The molecular weight excluding hydrogens is 488 g/mol. The molecule has 194 valence electrons. The zero-order valence-corrected chi connectivity index (χ0v) is 21.3. The minimum absolute atomic E-state index is 0.123. The number of nitrogens with one attached hydrogen (secondary N) is 1. The minimum Gasteiger partial charge on any atom is -0.382 e. The molecule has 1 saturated heterocycles. The van der Waals surface area contributed by atoms with E-state index in [4.69, 9.17) is 9.47 Å². The fourth-order valence-corrected chi connectivity index (χ4v) is 4.81. The Morgan fingerprint density at radius 3 is 2.45 bits per heavy atom. The third-order valence-electron chi connectivity index (χ3n) is 6.64. The summed E-state index contributed by atoms with van der Waals surface area (Å²) in [6.45, 7) is 4.76. The molecule has 0 aliphatic carbocycles. The van der Waals surface area contributed by atoms with Gasteiger partial charge in [-0.3, -0.25) is 4.68 Å². The summed E-state index contributed by atoms with van der Waals surface area (Å²) in [7, 11) is 1.88. The molecule has 1 atom stereocenters. The van der Waals surface area contributed by atoms with Gasteiger partial charge in [0.05, 0.1) is 24.5 Å². The number of aryl methyl sites for hydroxylation is 1. The summed E-state index contributed by atoms with van der Waals surface area (Å²) in [4.78, 5) is 0. The van der Waals surface area contributed by atoms with Crippen LogP contribution in [0.25, 0.3) is 38.9 Å². The Kier molecular flexibility index (Phi) is 5.97. The number of nitrogens with zero attached hydrogens (tertiary/aromatic N) is 4. The number of rotatable bonds is 6. The predicted octanol–water partition coefficient (Wildman–Crippen LogP) is 5.91. The molecule has 0 spiro atoms. The average molecular weight is 516 g/mol.